The van der Waals surface area contributed by atoms with Gasteiger partial charge in [0.2, 0.25) is 0 Å². The van der Waals surface area contributed by atoms with Crippen LogP contribution in [-0.4, -0.2) is 27.4 Å². The number of benzene rings is 6. The molecule has 0 aliphatic heterocycles. The molecule has 6 aromatic carbocycles. The highest BCUT2D eigenvalue weighted by atomic mass is 79.9. The number of nitrogens with zero attached hydrogens (tertiary/aromatic N) is 6. The molecule has 0 N–H and O–H groups in total. The standard InChI is InChI=1S/2C9H8BrN.2C9H8ClN.2C9H8FN.6C2H6/c1-11-5-4-7-6-8(10)2-3-9(7)11;1-11-6-5-7-3-2-4-8(10)9(7)11;1-11-5-4-7-6-8(10)2-3-9(7)11;1-11-6-5-7-3-2-4-8(10)9(7)11;1-11-5-4-7-6-8(10)2-3-9(7)11;1-11-6-5-7-3-2-4-8(10)9(7)11;6*1-2/h6*2-6H,1H3;6*1-2H3. The first kappa shape index (κ1) is 70.0. The van der Waals surface area contributed by atoms with Crippen molar-refractivity contribution in [3.63, 3.8) is 0 Å². The Labute approximate surface area is 492 Å². The van der Waals surface area contributed by atoms with Crippen LogP contribution in [0.5, 0.6) is 0 Å². The predicted molar refractivity (Wildman–Crippen MR) is 351 cm³/mol. The smallest absolute Gasteiger partial charge is 0.147 e. The molecule has 0 radical (unpaired) electrons. The topological polar surface area (TPSA) is 29.6 Å². The molecule has 0 saturated heterocycles. The van der Waals surface area contributed by atoms with Crippen LogP contribution < -0.4 is 0 Å². The monoisotopic (exact) mass is 1230 g/mol. The summed E-state index contributed by atoms with van der Waals surface area (Å²) in [6.45, 7) is 24.0. The Bertz CT molecular complexity index is 3190. The van der Waals surface area contributed by atoms with E-state index in [1.54, 1.807) is 16.7 Å². The van der Waals surface area contributed by atoms with Crippen LogP contribution in [0, 0.1) is 11.6 Å². The molecule has 0 aliphatic carbocycles. The molecule has 6 aromatic heterocycles. The lowest BCUT2D eigenvalue weighted by Crippen LogP contribution is -1.86. The van der Waals surface area contributed by atoms with Gasteiger partial charge in [-0.25, -0.2) is 8.78 Å². The van der Waals surface area contributed by atoms with Crippen molar-refractivity contribution in [2.24, 2.45) is 42.3 Å². The van der Waals surface area contributed by atoms with Gasteiger partial charge in [0.1, 0.15) is 11.6 Å². The van der Waals surface area contributed by atoms with Gasteiger partial charge in [0, 0.05) is 142 Å². The highest BCUT2D eigenvalue weighted by Gasteiger charge is 2.04. The van der Waals surface area contributed by atoms with Crippen molar-refractivity contribution in [2.75, 3.05) is 0 Å². The van der Waals surface area contributed by atoms with E-state index in [9.17, 15) is 8.78 Å². The molecule has 0 aliphatic rings. The molecular weight excluding hydrogens is 1150 g/mol. The average molecular weight is 1230 g/mol. The van der Waals surface area contributed by atoms with Gasteiger partial charge >= 0.3 is 0 Å². The van der Waals surface area contributed by atoms with Gasteiger partial charge < -0.3 is 27.4 Å². The SMILES string of the molecule is CC.CC.CC.CC.CC.CC.Cn1ccc2cc(Br)ccc21.Cn1ccc2cc(Cl)ccc21.Cn1ccc2cc(F)ccc21.Cn1ccc2cccc(Br)c21.Cn1ccc2cccc(Cl)c21.Cn1ccc2cccc(F)c21. The molecule has 420 valence electrons. The third-order valence-corrected chi connectivity index (χ3v) is 12.8. The largest absolute Gasteiger partial charge is 0.351 e. The molecule has 0 spiro atoms. The van der Waals surface area contributed by atoms with E-state index < -0.39 is 0 Å². The van der Waals surface area contributed by atoms with Crippen LogP contribution in [0.1, 0.15) is 83.1 Å². The minimum Gasteiger partial charge on any atom is -0.351 e. The maximum atomic E-state index is 13.1. The molecule has 0 fully saturated rings. The zero-order chi connectivity index (χ0) is 59.1. The highest BCUT2D eigenvalue weighted by molar-refractivity contribution is 9.11. The van der Waals surface area contributed by atoms with Gasteiger partial charge in [-0.15, -0.1) is 0 Å². The average Bonchev–Trinajstić information content (AvgIpc) is 4.36. The number of fused-ring (bicyclic) bond motifs is 6. The van der Waals surface area contributed by atoms with Gasteiger partial charge in [-0.2, -0.15) is 0 Å². The summed E-state index contributed by atoms with van der Waals surface area (Å²) < 4.78 is 40.1. The fourth-order valence-corrected chi connectivity index (χ4v) is 9.21. The molecule has 0 unspecified atom stereocenters. The van der Waals surface area contributed by atoms with Crippen LogP contribution in [0.25, 0.3) is 65.4 Å². The van der Waals surface area contributed by atoms with Gasteiger partial charge in [-0.1, -0.05) is 159 Å². The Balaban J connectivity index is 0.000000450. The third kappa shape index (κ3) is 20.0. The van der Waals surface area contributed by atoms with Crippen molar-refractivity contribution in [1.29, 1.82) is 0 Å². The molecule has 12 heteroatoms. The minimum absolute atomic E-state index is 0.157. The van der Waals surface area contributed by atoms with Crippen LogP contribution >= 0.6 is 55.1 Å². The summed E-state index contributed by atoms with van der Waals surface area (Å²) in [5, 5.41) is 8.46. The normalized spacial score (nSPS) is 9.54. The van der Waals surface area contributed by atoms with Crippen molar-refractivity contribution in [1.82, 2.24) is 27.4 Å². The lowest BCUT2D eigenvalue weighted by molar-refractivity contribution is 0.629. The second-order valence-corrected chi connectivity index (χ2v) is 18.3. The molecule has 0 atom stereocenters. The van der Waals surface area contributed by atoms with E-state index in [0.29, 0.717) is 5.52 Å². The van der Waals surface area contributed by atoms with E-state index in [1.165, 1.54) is 56.3 Å². The Morgan fingerprint density at radius 3 is 1.17 bits per heavy atom. The Hall–Kier alpha value is -6.04. The van der Waals surface area contributed by atoms with Crippen molar-refractivity contribution >= 4 is 120 Å². The van der Waals surface area contributed by atoms with E-state index in [2.05, 4.69) is 126 Å². The highest BCUT2D eigenvalue weighted by Crippen LogP contribution is 2.25. The summed E-state index contributed by atoms with van der Waals surface area (Å²) in [5.41, 5.74) is 6.59. The molecule has 12 rings (SSSR count). The Kier molecular flexibility index (Phi) is 33.8. The summed E-state index contributed by atoms with van der Waals surface area (Å²) in [6, 6.07) is 46.4. The first-order valence-corrected chi connectivity index (χ1v) is 29.2. The number of hydrogen-bond acceptors (Lipinski definition) is 0. The summed E-state index contributed by atoms with van der Waals surface area (Å²) in [6.07, 6.45) is 11.9. The van der Waals surface area contributed by atoms with E-state index >= 15 is 0 Å². The molecule has 6 heterocycles. The Morgan fingerprint density at radius 2 is 0.692 bits per heavy atom. The van der Waals surface area contributed by atoms with E-state index in [4.69, 9.17) is 23.2 Å². The van der Waals surface area contributed by atoms with E-state index in [0.717, 1.165) is 40.8 Å². The lowest BCUT2D eigenvalue weighted by atomic mass is 10.2. The molecule has 78 heavy (non-hydrogen) atoms. The van der Waals surface area contributed by atoms with Crippen LogP contribution in [-0.2, 0) is 42.3 Å². The summed E-state index contributed by atoms with van der Waals surface area (Å²) >= 11 is 18.7. The molecule has 12 aromatic rings. The zero-order valence-corrected chi connectivity index (χ0v) is 54.0. The predicted octanol–water partition coefficient (Wildman–Crippen LogP) is 22.3. The minimum atomic E-state index is -0.177. The lowest BCUT2D eigenvalue weighted by Gasteiger charge is -1.97. The number of hydrogen-bond donors (Lipinski definition) is 0. The van der Waals surface area contributed by atoms with Crippen molar-refractivity contribution < 1.29 is 8.78 Å². The van der Waals surface area contributed by atoms with Gasteiger partial charge in [0.15, 0.2) is 0 Å². The molecule has 0 bridgehead atoms. The van der Waals surface area contributed by atoms with Gasteiger partial charge in [0.05, 0.1) is 21.6 Å². The fourth-order valence-electron chi connectivity index (χ4n) is 7.67. The number of rotatable bonds is 0. The van der Waals surface area contributed by atoms with Gasteiger partial charge in [-0.3, -0.25) is 0 Å². The van der Waals surface area contributed by atoms with E-state index in [-0.39, 0.29) is 11.6 Å². The Morgan fingerprint density at radius 1 is 0.333 bits per heavy atom. The van der Waals surface area contributed by atoms with Gasteiger partial charge in [-0.05, 0) is 125 Å². The molecule has 0 amide bonds. The third-order valence-electron chi connectivity index (χ3n) is 11.1. The van der Waals surface area contributed by atoms with Crippen LogP contribution in [0.4, 0.5) is 8.78 Å². The second-order valence-electron chi connectivity index (χ2n) is 15.7. The first-order valence-electron chi connectivity index (χ1n) is 26.9. The van der Waals surface area contributed by atoms with Crippen LogP contribution in [0.3, 0.4) is 0 Å². The first-order chi connectivity index (χ1) is 37.7. The summed E-state index contributed by atoms with van der Waals surface area (Å²) in [7, 11) is 11.9. The molecule has 0 saturated carbocycles. The summed E-state index contributed by atoms with van der Waals surface area (Å²) in [4.78, 5) is 0. The summed E-state index contributed by atoms with van der Waals surface area (Å²) in [5.74, 6) is -0.335. The zero-order valence-electron chi connectivity index (χ0n) is 49.3. The number of aryl methyl sites for hydroxylation is 6. The maximum absolute atomic E-state index is 13.1. The van der Waals surface area contributed by atoms with Crippen molar-refractivity contribution in [2.45, 2.75) is 83.1 Å². The molecule has 6 nitrogen and oxygen atoms in total. The van der Waals surface area contributed by atoms with Crippen LogP contribution in [0.2, 0.25) is 10.0 Å². The number of aromatic nitrogens is 6. The second kappa shape index (κ2) is 37.7. The number of para-hydroxylation sites is 3. The van der Waals surface area contributed by atoms with Crippen LogP contribution in [0.15, 0.2) is 192 Å². The fraction of sp³-hybridized carbons (Fsp3) is 0.273. The maximum Gasteiger partial charge on any atom is 0.147 e. The van der Waals surface area contributed by atoms with Crippen molar-refractivity contribution in [3.05, 3.63) is 213 Å². The van der Waals surface area contributed by atoms with Gasteiger partial charge in [0.25, 0.3) is 0 Å². The van der Waals surface area contributed by atoms with Crippen molar-refractivity contribution in [3.8, 4) is 0 Å². The number of halogens is 6. The van der Waals surface area contributed by atoms with E-state index in [1.807, 2.05) is 207 Å². The quantitative estimate of drug-likeness (QED) is 0.145. The molecular formula is C66H84Br2Cl2F2N6.